The highest BCUT2D eigenvalue weighted by Gasteiger charge is 2.12. The van der Waals surface area contributed by atoms with Gasteiger partial charge in [0.2, 0.25) is 5.91 Å². The lowest BCUT2D eigenvalue weighted by atomic mass is 10.1. The molecule has 112 valence electrons. The van der Waals surface area contributed by atoms with Crippen molar-refractivity contribution in [1.29, 1.82) is 0 Å². The summed E-state index contributed by atoms with van der Waals surface area (Å²) in [5.41, 5.74) is 5.86. The standard InChI is InChI=1S/C13H20N4O2.HI/c14-13(17-6-2-1-3-7-17)16-10-12(18)15-9-11-5-4-8-19-11;/h4-5,8H,1-3,6-7,9-10H2,(H2,14,16)(H,15,18);1H. The quantitative estimate of drug-likeness (QED) is 0.460. The van der Waals surface area contributed by atoms with Crippen LogP contribution in [-0.2, 0) is 11.3 Å². The van der Waals surface area contributed by atoms with Gasteiger partial charge in [-0.3, -0.25) is 4.79 Å². The van der Waals surface area contributed by atoms with Gasteiger partial charge in [0.15, 0.2) is 5.96 Å². The van der Waals surface area contributed by atoms with Crippen molar-refractivity contribution < 1.29 is 9.21 Å². The van der Waals surface area contributed by atoms with Gasteiger partial charge in [-0.25, -0.2) is 4.99 Å². The molecule has 0 radical (unpaired) electrons. The molecule has 1 aliphatic heterocycles. The molecule has 6 nitrogen and oxygen atoms in total. The van der Waals surface area contributed by atoms with Crippen LogP contribution in [0.2, 0.25) is 0 Å². The predicted octanol–water partition coefficient (Wildman–Crippen LogP) is 1.31. The number of nitrogens with one attached hydrogen (secondary N) is 1. The molecular formula is C13H21IN4O2. The second kappa shape index (κ2) is 8.83. The van der Waals surface area contributed by atoms with Gasteiger partial charge >= 0.3 is 0 Å². The smallest absolute Gasteiger partial charge is 0.242 e. The van der Waals surface area contributed by atoms with Crippen molar-refractivity contribution in [2.45, 2.75) is 25.8 Å². The van der Waals surface area contributed by atoms with Gasteiger partial charge in [0.1, 0.15) is 12.3 Å². The summed E-state index contributed by atoms with van der Waals surface area (Å²) < 4.78 is 5.12. The van der Waals surface area contributed by atoms with E-state index in [9.17, 15) is 4.79 Å². The minimum atomic E-state index is -0.156. The normalized spacial score (nSPS) is 15.6. The van der Waals surface area contributed by atoms with Crippen LogP contribution in [0.3, 0.4) is 0 Å². The number of hydrogen-bond acceptors (Lipinski definition) is 3. The Morgan fingerprint density at radius 2 is 2.15 bits per heavy atom. The Hall–Kier alpha value is -1.25. The van der Waals surface area contributed by atoms with E-state index in [4.69, 9.17) is 10.2 Å². The number of halogens is 1. The van der Waals surface area contributed by atoms with Crippen molar-refractivity contribution >= 4 is 35.8 Å². The largest absolute Gasteiger partial charge is 0.467 e. The van der Waals surface area contributed by atoms with Crippen molar-refractivity contribution in [3.63, 3.8) is 0 Å². The highest BCUT2D eigenvalue weighted by atomic mass is 127. The maximum atomic E-state index is 11.6. The number of piperidine rings is 1. The van der Waals surface area contributed by atoms with Crippen LogP contribution < -0.4 is 11.1 Å². The Labute approximate surface area is 135 Å². The maximum Gasteiger partial charge on any atom is 0.242 e. The summed E-state index contributed by atoms with van der Waals surface area (Å²) in [7, 11) is 0. The minimum Gasteiger partial charge on any atom is -0.467 e. The Bertz CT molecular complexity index is 428. The number of aliphatic imine (C=N–C) groups is 1. The molecule has 7 heteroatoms. The summed E-state index contributed by atoms with van der Waals surface area (Å²) in [6.45, 7) is 2.31. The molecule has 1 saturated heterocycles. The fourth-order valence-corrected chi connectivity index (χ4v) is 2.03. The molecule has 20 heavy (non-hydrogen) atoms. The summed E-state index contributed by atoms with van der Waals surface area (Å²) in [6.07, 6.45) is 5.10. The molecule has 2 heterocycles. The zero-order valence-corrected chi connectivity index (χ0v) is 13.7. The monoisotopic (exact) mass is 392 g/mol. The van der Waals surface area contributed by atoms with E-state index in [1.54, 1.807) is 12.3 Å². The third-order valence-electron chi connectivity index (χ3n) is 3.10. The van der Waals surface area contributed by atoms with Gasteiger partial charge in [-0.2, -0.15) is 0 Å². The van der Waals surface area contributed by atoms with Crippen LogP contribution in [0.4, 0.5) is 0 Å². The molecule has 0 spiro atoms. The van der Waals surface area contributed by atoms with E-state index in [-0.39, 0.29) is 36.4 Å². The second-order valence-corrected chi connectivity index (χ2v) is 4.58. The van der Waals surface area contributed by atoms with Gasteiger partial charge < -0.3 is 20.4 Å². The molecule has 1 aromatic rings. The van der Waals surface area contributed by atoms with Crippen molar-refractivity contribution in [3.05, 3.63) is 24.2 Å². The number of furan rings is 1. The van der Waals surface area contributed by atoms with E-state index in [1.165, 1.54) is 6.42 Å². The number of hydrogen-bond donors (Lipinski definition) is 2. The van der Waals surface area contributed by atoms with Crippen molar-refractivity contribution in [2.24, 2.45) is 10.7 Å². The topological polar surface area (TPSA) is 83.9 Å². The molecule has 2 rings (SSSR count). The van der Waals surface area contributed by atoms with Gasteiger partial charge in [-0.05, 0) is 31.4 Å². The van der Waals surface area contributed by atoms with Gasteiger partial charge in [-0.1, -0.05) is 0 Å². The average molecular weight is 392 g/mol. The summed E-state index contributed by atoms with van der Waals surface area (Å²) in [5, 5.41) is 2.73. The highest BCUT2D eigenvalue weighted by molar-refractivity contribution is 14.0. The molecule has 0 bridgehead atoms. The molecule has 1 amide bonds. The van der Waals surface area contributed by atoms with Crippen LogP contribution in [-0.4, -0.2) is 36.4 Å². The molecule has 0 aromatic carbocycles. The minimum absolute atomic E-state index is 0. The van der Waals surface area contributed by atoms with Crippen LogP contribution >= 0.6 is 24.0 Å². The first-order valence-electron chi connectivity index (χ1n) is 6.59. The van der Waals surface area contributed by atoms with Crippen molar-refractivity contribution in [3.8, 4) is 0 Å². The first kappa shape index (κ1) is 16.8. The molecule has 0 aliphatic carbocycles. The van der Waals surface area contributed by atoms with E-state index in [0.29, 0.717) is 12.5 Å². The zero-order valence-electron chi connectivity index (χ0n) is 11.4. The molecule has 0 unspecified atom stereocenters. The van der Waals surface area contributed by atoms with Gasteiger partial charge in [0.25, 0.3) is 0 Å². The van der Waals surface area contributed by atoms with Gasteiger partial charge in [-0.15, -0.1) is 24.0 Å². The molecule has 3 N–H and O–H groups in total. The summed E-state index contributed by atoms with van der Waals surface area (Å²) in [5.74, 6) is 1.03. The first-order valence-corrected chi connectivity index (χ1v) is 6.59. The number of nitrogens with zero attached hydrogens (tertiary/aromatic N) is 2. The molecular weight excluding hydrogens is 371 g/mol. The zero-order chi connectivity index (χ0) is 13.5. The summed E-state index contributed by atoms with van der Waals surface area (Å²) in [6, 6.07) is 3.60. The Balaban J connectivity index is 0.00000200. The molecule has 0 atom stereocenters. The van der Waals surface area contributed by atoms with Crippen LogP contribution in [0.5, 0.6) is 0 Å². The number of carbonyl (C=O) groups is 1. The van der Waals surface area contributed by atoms with Crippen molar-refractivity contribution in [2.75, 3.05) is 19.6 Å². The van der Waals surface area contributed by atoms with E-state index >= 15 is 0 Å². The lowest BCUT2D eigenvalue weighted by Crippen LogP contribution is -2.41. The SMILES string of the molecule is I.NC(=NCC(=O)NCc1ccco1)N1CCCCC1. The Morgan fingerprint density at radius 3 is 2.80 bits per heavy atom. The second-order valence-electron chi connectivity index (χ2n) is 4.58. The van der Waals surface area contributed by atoms with Crippen LogP contribution in [0.1, 0.15) is 25.0 Å². The number of amides is 1. The number of rotatable bonds is 4. The average Bonchev–Trinajstić information content (AvgIpc) is 2.96. The van der Waals surface area contributed by atoms with Crippen LogP contribution in [0.15, 0.2) is 27.8 Å². The van der Waals surface area contributed by atoms with E-state index in [2.05, 4.69) is 10.3 Å². The number of likely N-dealkylation sites (tertiary alicyclic amines) is 1. The van der Waals surface area contributed by atoms with E-state index < -0.39 is 0 Å². The molecule has 1 aromatic heterocycles. The fraction of sp³-hybridized carbons (Fsp3) is 0.538. The highest BCUT2D eigenvalue weighted by Crippen LogP contribution is 2.07. The third kappa shape index (κ3) is 5.40. The van der Waals surface area contributed by atoms with Crippen LogP contribution in [0.25, 0.3) is 0 Å². The summed E-state index contributed by atoms with van der Waals surface area (Å²) in [4.78, 5) is 17.7. The first-order chi connectivity index (χ1) is 9.25. The Kier molecular flexibility index (Phi) is 7.42. The van der Waals surface area contributed by atoms with E-state index in [0.717, 1.165) is 31.7 Å². The predicted molar refractivity (Wildman–Crippen MR) is 87.9 cm³/mol. The number of guanidine groups is 1. The molecule has 1 fully saturated rings. The number of nitrogens with two attached hydrogens (primary N) is 1. The van der Waals surface area contributed by atoms with Gasteiger partial charge in [0, 0.05) is 13.1 Å². The lowest BCUT2D eigenvalue weighted by molar-refractivity contribution is -0.119. The van der Waals surface area contributed by atoms with E-state index in [1.807, 2.05) is 11.0 Å². The molecule has 0 saturated carbocycles. The van der Waals surface area contributed by atoms with Gasteiger partial charge in [0.05, 0.1) is 12.8 Å². The molecule has 1 aliphatic rings. The number of carbonyl (C=O) groups excluding carboxylic acids is 1. The fourth-order valence-electron chi connectivity index (χ4n) is 2.03. The third-order valence-corrected chi connectivity index (χ3v) is 3.10. The Morgan fingerprint density at radius 1 is 1.40 bits per heavy atom. The van der Waals surface area contributed by atoms with Crippen LogP contribution in [0, 0.1) is 0 Å². The lowest BCUT2D eigenvalue weighted by Gasteiger charge is -2.27. The van der Waals surface area contributed by atoms with Crippen molar-refractivity contribution in [1.82, 2.24) is 10.2 Å². The maximum absolute atomic E-state index is 11.6. The summed E-state index contributed by atoms with van der Waals surface area (Å²) >= 11 is 0.